The highest BCUT2D eigenvalue weighted by atomic mass is 16.5. The van der Waals surface area contributed by atoms with Crippen LogP contribution in [0.3, 0.4) is 0 Å². The van der Waals surface area contributed by atoms with Gasteiger partial charge in [-0.05, 0) is 31.6 Å². The maximum absolute atomic E-state index is 13.5. The second-order valence-corrected chi connectivity index (χ2v) is 7.21. The molecule has 158 valence electrons. The van der Waals surface area contributed by atoms with E-state index in [-0.39, 0.29) is 5.91 Å². The number of hydrogen-bond donors (Lipinski definition) is 0. The summed E-state index contributed by atoms with van der Waals surface area (Å²) in [6, 6.07) is 19.6. The summed E-state index contributed by atoms with van der Waals surface area (Å²) in [5.41, 5.74) is 2.52. The van der Waals surface area contributed by atoms with Gasteiger partial charge in [-0.2, -0.15) is 0 Å². The minimum Gasteiger partial charge on any atom is -0.476 e. The molecule has 0 unspecified atom stereocenters. The summed E-state index contributed by atoms with van der Waals surface area (Å²) in [6.45, 7) is 10.8. The van der Waals surface area contributed by atoms with Gasteiger partial charge in [-0.15, -0.1) is 0 Å². The first-order valence-corrected chi connectivity index (χ1v) is 10.7. The number of carbonyl (C=O) groups is 1. The number of benzene rings is 2. The maximum Gasteiger partial charge on any atom is 0.255 e. The van der Waals surface area contributed by atoms with Crippen LogP contribution in [0, 0.1) is 0 Å². The molecule has 1 amide bonds. The van der Waals surface area contributed by atoms with Gasteiger partial charge >= 0.3 is 0 Å². The van der Waals surface area contributed by atoms with E-state index in [2.05, 4.69) is 23.7 Å². The minimum absolute atomic E-state index is 0.00598. The Hall–Kier alpha value is -2.92. The van der Waals surface area contributed by atoms with Gasteiger partial charge in [0.2, 0.25) is 5.88 Å². The van der Waals surface area contributed by atoms with Crippen LogP contribution in [0.1, 0.15) is 36.7 Å². The molecule has 5 nitrogen and oxygen atoms in total. The Bertz CT molecular complexity index is 955. The number of amides is 1. The minimum atomic E-state index is -0.00598. The summed E-state index contributed by atoms with van der Waals surface area (Å²) in [5.74, 6) is 0.494. The number of ether oxygens (including phenoxy) is 1. The van der Waals surface area contributed by atoms with E-state index >= 15 is 0 Å². The molecule has 0 bridgehead atoms. The van der Waals surface area contributed by atoms with Gasteiger partial charge in [0.15, 0.2) is 0 Å². The van der Waals surface area contributed by atoms with Crippen molar-refractivity contribution in [3.05, 3.63) is 71.8 Å². The van der Waals surface area contributed by atoms with Crippen LogP contribution in [0.5, 0.6) is 5.88 Å². The van der Waals surface area contributed by atoms with E-state index < -0.39 is 0 Å². The molecule has 1 heterocycles. The number of pyridine rings is 1. The molecule has 30 heavy (non-hydrogen) atoms. The van der Waals surface area contributed by atoms with Crippen LogP contribution in [0.15, 0.2) is 60.7 Å². The molecular formula is C25H31N3O2. The molecule has 0 atom stereocenters. The van der Waals surface area contributed by atoms with E-state index in [9.17, 15) is 4.79 Å². The molecule has 3 aromatic rings. The molecule has 2 aromatic carbocycles. The van der Waals surface area contributed by atoms with Crippen LogP contribution in [-0.4, -0.2) is 53.5 Å². The molecule has 0 radical (unpaired) electrons. The van der Waals surface area contributed by atoms with Crippen LogP contribution in [0.4, 0.5) is 0 Å². The topological polar surface area (TPSA) is 45.7 Å². The quantitative estimate of drug-likeness (QED) is 0.494. The van der Waals surface area contributed by atoms with Crippen molar-refractivity contribution >= 4 is 16.8 Å². The number of para-hydroxylation sites is 1. The first kappa shape index (κ1) is 21.8. The number of rotatable bonds is 10. The fourth-order valence-corrected chi connectivity index (χ4v) is 3.52. The van der Waals surface area contributed by atoms with E-state index in [1.165, 1.54) is 0 Å². The van der Waals surface area contributed by atoms with Crippen molar-refractivity contribution in [1.82, 2.24) is 14.8 Å². The van der Waals surface area contributed by atoms with Gasteiger partial charge in [0.1, 0.15) is 6.61 Å². The van der Waals surface area contributed by atoms with Gasteiger partial charge in [0, 0.05) is 31.1 Å². The molecule has 5 heteroatoms. The Morgan fingerprint density at radius 1 is 0.933 bits per heavy atom. The van der Waals surface area contributed by atoms with Crippen molar-refractivity contribution < 1.29 is 9.53 Å². The van der Waals surface area contributed by atoms with Gasteiger partial charge < -0.3 is 14.5 Å². The zero-order valence-electron chi connectivity index (χ0n) is 18.2. The van der Waals surface area contributed by atoms with Crippen molar-refractivity contribution in [2.75, 3.05) is 32.8 Å². The SMILES string of the molecule is CCN(CC)CCOc1cc(C(=O)N(CC)Cc2ccccc2)c2ccccc2n1. The van der Waals surface area contributed by atoms with E-state index in [4.69, 9.17) is 4.74 Å². The molecule has 0 aliphatic carbocycles. The van der Waals surface area contributed by atoms with Crippen molar-refractivity contribution in [2.24, 2.45) is 0 Å². The third-order valence-corrected chi connectivity index (χ3v) is 5.36. The number of aromatic nitrogens is 1. The number of hydrogen-bond acceptors (Lipinski definition) is 4. The number of nitrogens with zero attached hydrogens (tertiary/aromatic N) is 3. The Kier molecular flexibility index (Phi) is 7.80. The van der Waals surface area contributed by atoms with Crippen molar-refractivity contribution in [3.63, 3.8) is 0 Å². The lowest BCUT2D eigenvalue weighted by Gasteiger charge is -2.22. The van der Waals surface area contributed by atoms with E-state index in [0.29, 0.717) is 31.1 Å². The zero-order chi connectivity index (χ0) is 21.3. The Balaban J connectivity index is 1.86. The molecule has 0 saturated heterocycles. The predicted molar refractivity (Wildman–Crippen MR) is 122 cm³/mol. The van der Waals surface area contributed by atoms with Gasteiger partial charge in [0.25, 0.3) is 5.91 Å². The summed E-state index contributed by atoms with van der Waals surface area (Å²) in [5, 5.41) is 0.852. The Morgan fingerprint density at radius 3 is 2.33 bits per heavy atom. The molecule has 0 N–H and O–H groups in total. The predicted octanol–water partition coefficient (Wildman–Crippen LogP) is 4.62. The zero-order valence-corrected chi connectivity index (χ0v) is 18.2. The largest absolute Gasteiger partial charge is 0.476 e. The fourth-order valence-electron chi connectivity index (χ4n) is 3.52. The Labute approximate surface area is 179 Å². The van der Waals surface area contributed by atoms with Gasteiger partial charge in [-0.3, -0.25) is 4.79 Å². The number of fused-ring (bicyclic) bond motifs is 1. The van der Waals surface area contributed by atoms with Gasteiger partial charge in [-0.1, -0.05) is 62.4 Å². The maximum atomic E-state index is 13.5. The molecular weight excluding hydrogens is 374 g/mol. The van der Waals surface area contributed by atoms with Crippen molar-refractivity contribution in [1.29, 1.82) is 0 Å². The van der Waals surface area contributed by atoms with Crippen LogP contribution in [-0.2, 0) is 6.54 Å². The molecule has 0 aliphatic heterocycles. The Morgan fingerprint density at radius 2 is 1.63 bits per heavy atom. The van der Waals surface area contributed by atoms with Crippen molar-refractivity contribution in [3.8, 4) is 5.88 Å². The van der Waals surface area contributed by atoms with Crippen LogP contribution in [0.2, 0.25) is 0 Å². The monoisotopic (exact) mass is 405 g/mol. The third kappa shape index (κ3) is 5.36. The average molecular weight is 406 g/mol. The van der Waals surface area contributed by atoms with Crippen LogP contribution in [0.25, 0.3) is 10.9 Å². The number of likely N-dealkylation sites (N-methyl/N-ethyl adjacent to an activating group) is 1. The number of carbonyl (C=O) groups excluding carboxylic acids is 1. The third-order valence-electron chi connectivity index (χ3n) is 5.36. The normalized spacial score (nSPS) is 11.1. The fraction of sp³-hybridized carbons (Fsp3) is 0.360. The molecule has 3 rings (SSSR count). The first-order valence-electron chi connectivity index (χ1n) is 10.7. The average Bonchev–Trinajstić information content (AvgIpc) is 2.80. The standard InChI is InChI=1S/C25H31N3O2/c1-4-27(5-2)16-17-30-24-18-22(21-14-10-11-15-23(21)26-24)25(29)28(6-3)19-20-12-8-7-9-13-20/h7-15,18H,4-6,16-17,19H2,1-3H3. The second kappa shape index (κ2) is 10.7. The highest BCUT2D eigenvalue weighted by Crippen LogP contribution is 2.24. The lowest BCUT2D eigenvalue weighted by atomic mass is 10.1. The highest BCUT2D eigenvalue weighted by Gasteiger charge is 2.19. The van der Waals surface area contributed by atoms with Crippen LogP contribution < -0.4 is 4.74 Å². The van der Waals surface area contributed by atoms with E-state index in [0.717, 1.165) is 36.1 Å². The highest BCUT2D eigenvalue weighted by molar-refractivity contribution is 6.06. The molecule has 1 aromatic heterocycles. The van der Waals surface area contributed by atoms with E-state index in [1.54, 1.807) is 6.07 Å². The first-order chi connectivity index (χ1) is 14.7. The van der Waals surface area contributed by atoms with Crippen molar-refractivity contribution in [2.45, 2.75) is 27.3 Å². The lowest BCUT2D eigenvalue weighted by Crippen LogP contribution is -2.30. The van der Waals surface area contributed by atoms with E-state index in [1.807, 2.05) is 66.4 Å². The van der Waals surface area contributed by atoms with Gasteiger partial charge in [-0.25, -0.2) is 4.98 Å². The van der Waals surface area contributed by atoms with Crippen LogP contribution >= 0.6 is 0 Å². The van der Waals surface area contributed by atoms with Gasteiger partial charge in [0.05, 0.1) is 11.1 Å². The molecule has 0 fully saturated rings. The summed E-state index contributed by atoms with van der Waals surface area (Å²) < 4.78 is 5.95. The summed E-state index contributed by atoms with van der Waals surface area (Å²) in [7, 11) is 0. The lowest BCUT2D eigenvalue weighted by molar-refractivity contribution is 0.0754. The second-order valence-electron chi connectivity index (χ2n) is 7.21. The summed E-state index contributed by atoms with van der Waals surface area (Å²) in [4.78, 5) is 22.2. The molecule has 0 saturated carbocycles. The smallest absolute Gasteiger partial charge is 0.255 e. The summed E-state index contributed by atoms with van der Waals surface area (Å²) >= 11 is 0. The molecule has 0 spiro atoms. The molecule has 0 aliphatic rings. The summed E-state index contributed by atoms with van der Waals surface area (Å²) in [6.07, 6.45) is 0.